The summed E-state index contributed by atoms with van der Waals surface area (Å²) >= 11 is 0. The second-order valence-electron chi connectivity index (χ2n) is 11.5. The van der Waals surface area contributed by atoms with Gasteiger partial charge < -0.3 is 14.6 Å². The van der Waals surface area contributed by atoms with Crippen LogP contribution in [0.25, 0.3) is 0 Å². The van der Waals surface area contributed by atoms with Crippen molar-refractivity contribution in [3.05, 3.63) is 12.2 Å². The zero-order chi connectivity index (χ0) is 20.1. The lowest BCUT2D eigenvalue weighted by Gasteiger charge is -2.73. The summed E-state index contributed by atoms with van der Waals surface area (Å²) in [5, 5.41) is 11.2. The second-order valence-corrected chi connectivity index (χ2v) is 11.5. The number of esters is 1. The predicted molar refractivity (Wildman–Crippen MR) is 106 cm³/mol. The standard InChI is InChI=1S/C24H33NO4/c1-5-25-19-14-8-16-22(4)7-6-18(29-21(22)25)24(16,19)17-9-15(27)13-10-23(14,17)20(11(13)2)28-12(3)26/h13-21,27H,2,5-10H2,1,3-4H3/t13-,14-,15+,16-,17-,18-,19?,20-,21+,22+,23?,24-/m1/s1. The topological polar surface area (TPSA) is 59.0 Å². The molecule has 0 amide bonds. The fraction of sp³-hybridized carbons (Fsp3) is 0.875. The van der Waals surface area contributed by atoms with E-state index < -0.39 is 0 Å². The first-order valence-corrected chi connectivity index (χ1v) is 11.8. The molecule has 5 aliphatic carbocycles. The molecule has 0 aromatic heterocycles. The van der Waals surface area contributed by atoms with Crippen LogP contribution in [0.4, 0.5) is 0 Å². The average Bonchev–Trinajstić information content (AvgIpc) is 3.22. The number of aliphatic hydroxyl groups excluding tert-OH is 1. The molecular weight excluding hydrogens is 366 g/mol. The van der Waals surface area contributed by atoms with E-state index in [2.05, 4.69) is 25.3 Å². The highest BCUT2D eigenvalue weighted by molar-refractivity contribution is 5.67. The first-order chi connectivity index (χ1) is 13.8. The second kappa shape index (κ2) is 4.94. The quantitative estimate of drug-likeness (QED) is 0.572. The summed E-state index contributed by atoms with van der Waals surface area (Å²) < 4.78 is 12.9. The Morgan fingerprint density at radius 3 is 2.90 bits per heavy atom. The van der Waals surface area contributed by atoms with Gasteiger partial charge in [0.15, 0.2) is 0 Å². The van der Waals surface area contributed by atoms with Gasteiger partial charge in [-0.3, -0.25) is 9.69 Å². The van der Waals surface area contributed by atoms with E-state index in [4.69, 9.17) is 9.47 Å². The number of carbonyl (C=O) groups is 1. The van der Waals surface area contributed by atoms with Crippen LogP contribution in [0.1, 0.15) is 52.9 Å². The molecule has 9 fully saturated rings. The molecule has 5 heteroatoms. The van der Waals surface area contributed by atoms with Crippen LogP contribution < -0.4 is 0 Å². The minimum absolute atomic E-state index is 0.0552. The number of nitrogens with zero attached hydrogens (tertiary/aromatic N) is 1. The SMILES string of the molecule is C=C1[C@H]2CC3([C@@H]1OC(C)=O)[C@@H]1C[C@@H]4[C@]5(C)CC[C@H]6O[C@@H]5N(CC)C1[C@@]46[C@@H]3C[C@@H]2O. The summed E-state index contributed by atoms with van der Waals surface area (Å²) in [7, 11) is 0. The lowest BCUT2D eigenvalue weighted by Crippen LogP contribution is -2.78. The Kier molecular flexibility index (Phi) is 3.02. The zero-order valence-electron chi connectivity index (χ0n) is 17.8. The molecule has 2 spiro atoms. The van der Waals surface area contributed by atoms with Crippen molar-refractivity contribution in [1.29, 1.82) is 0 Å². The van der Waals surface area contributed by atoms with Gasteiger partial charge >= 0.3 is 5.97 Å². The van der Waals surface area contributed by atoms with Gasteiger partial charge in [-0.25, -0.2) is 0 Å². The van der Waals surface area contributed by atoms with Crippen molar-refractivity contribution in [3.8, 4) is 0 Å². The highest BCUT2D eigenvalue weighted by atomic mass is 16.5. The molecule has 5 nitrogen and oxygen atoms in total. The smallest absolute Gasteiger partial charge is 0.303 e. The molecule has 0 aromatic carbocycles. The van der Waals surface area contributed by atoms with Crippen molar-refractivity contribution < 1.29 is 19.4 Å². The molecule has 4 saturated heterocycles. The van der Waals surface area contributed by atoms with E-state index in [0.717, 1.165) is 31.4 Å². The van der Waals surface area contributed by atoms with Gasteiger partial charge in [-0.05, 0) is 62.0 Å². The number of carbonyl (C=O) groups excluding carboxylic acids is 1. The number of rotatable bonds is 2. The number of aliphatic hydroxyl groups is 1. The number of piperidine rings is 1. The molecule has 0 radical (unpaired) electrons. The molecule has 9 rings (SSSR count). The number of hydrogen-bond acceptors (Lipinski definition) is 5. The van der Waals surface area contributed by atoms with Crippen molar-refractivity contribution in [3.63, 3.8) is 0 Å². The third-order valence-corrected chi connectivity index (χ3v) is 11.2. The fourth-order valence-corrected chi connectivity index (χ4v) is 10.8. The number of fused-ring (bicyclic) bond motifs is 2. The molecule has 2 unspecified atom stereocenters. The molecule has 5 saturated carbocycles. The lowest BCUT2D eigenvalue weighted by atomic mass is 9.41. The summed E-state index contributed by atoms with van der Waals surface area (Å²) in [6, 6.07) is 0.509. The predicted octanol–water partition coefficient (Wildman–Crippen LogP) is 2.73. The monoisotopic (exact) mass is 399 g/mol. The van der Waals surface area contributed by atoms with Crippen LogP contribution >= 0.6 is 0 Å². The first kappa shape index (κ1) is 17.7. The molecule has 12 atom stereocenters. The highest BCUT2D eigenvalue weighted by Crippen LogP contribution is 2.86. The molecule has 1 N–H and O–H groups in total. The van der Waals surface area contributed by atoms with E-state index in [1.807, 2.05) is 0 Å². The van der Waals surface area contributed by atoms with E-state index in [-0.39, 0.29) is 46.6 Å². The van der Waals surface area contributed by atoms with Gasteiger partial charge in [0.1, 0.15) is 12.3 Å². The maximum absolute atomic E-state index is 12.1. The third-order valence-electron chi connectivity index (χ3n) is 11.2. The third kappa shape index (κ3) is 1.52. The molecule has 0 aromatic rings. The summed E-state index contributed by atoms with van der Waals surface area (Å²) in [5.41, 5.74) is 1.24. The van der Waals surface area contributed by atoms with E-state index in [1.165, 1.54) is 19.8 Å². The molecule has 9 aliphatic rings. The molecule has 4 heterocycles. The summed E-state index contributed by atoms with van der Waals surface area (Å²) in [5.74, 6) is 1.42. The van der Waals surface area contributed by atoms with Crippen LogP contribution in [0.15, 0.2) is 12.2 Å². The van der Waals surface area contributed by atoms with Crippen LogP contribution in [0.3, 0.4) is 0 Å². The minimum Gasteiger partial charge on any atom is -0.457 e. The van der Waals surface area contributed by atoms with Gasteiger partial charge in [-0.1, -0.05) is 20.4 Å². The van der Waals surface area contributed by atoms with Gasteiger partial charge in [0.05, 0.1) is 12.2 Å². The van der Waals surface area contributed by atoms with Crippen molar-refractivity contribution in [1.82, 2.24) is 4.90 Å². The number of hydrogen-bond donors (Lipinski definition) is 1. The summed E-state index contributed by atoms with van der Waals surface area (Å²) in [6.07, 6.45) is 5.35. The lowest BCUT2D eigenvalue weighted by molar-refractivity contribution is -0.372. The average molecular weight is 400 g/mol. The van der Waals surface area contributed by atoms with Crippen LogP contribution in [0, 0.1) is 39.9 Å². The van der Waals surface area contributed by atoms with Crippen molar-refractivity contribution in [2.24, 2.45) is 39.9 Å². The van der Waals surface area contributed by atoms with Crippen molar-refractivity contribution in [2.75, 3.05) is 6.54 Å². The van der Waals surface area contributed by atoms with Gasteiger partial charge in [0, 0.05) is 35.1 Å². The van der Waals surface area contributed by atoms with Crippen molar-refractivity contribution >= 4 is 5.97 Å². The van der Waals surface area contributed by atoms with Crippen LogP contribution in [-0.2, 0) is 14.3 Å². The van der Waals surface area contributed by atoms with Crippen molar-refractivity contribution in [2.45, 2.75) is 83.5 Å². The molecule has 158 valence electrons. The Balaban J connectivity index is 1.47. The van der Waals surface area contributed by atoms with Gasteiger partial charge in [0.25, 0.3) is 0 Å². The first-order valence-electron chi connectivity index (χ1n) is 11.8. The zero-order valence-corrected chi connectivity index (χ0v) is 17.8. The van der Waals surface area contributed by atoms with Gasteiger partial charge in [-0.2, -0.15) is 0 Å². The Morgan fingerprint density at radius 2 is 2.17 bits per heavy atom. The molecule has 9 bridgehead atoms. The van der Waals surface area contributed by atoms with Crippen LogP contribution in [0.2, 0.25) is 0 Å². The summed E-state index contributed by atoms with van der Waals surface area (Å²) in [4.78, 5) is 14.8. The maximum Gasteiger partial charge on any atom is 0.303 e. The Hall–Kier alpha value is -0.910. The molecule has 29 heavy (non-hydrogen) atoms. The molecular formula is C24H33NO4. The normalized spacial score (nSPS) is 63.3. The Bertz CT molecular complexity index is 843. The van der Waals surface area contributed by atoms with Gasteiger partial charge in [-0.15, -0.1) is 0 Å². The summed E-state index contributed by atoms with van der Waals surface area (Å²) in [6.45, 7) is 11.7. The van der Waals surface area contributed by atoms with Crippen LogP contribution in [-0.4, -0.2) is 53.1 Å². The largest absolute Gasteiger partial charge is 0.457 e. The highest BCUT2D eigenvalue weighted by Gasteiger charge is 2.89. The van der Waals surface area contributed by atoms with E-state index in [9.17, 15) is 9.90 Å². The van der Waals surface area contributed by atoms with E-state index in [0.29, 0.717) is 29.9 Å². The Labute approximate surface area is 172 Å². The molecule has 4 aliphatic heterocycles. The number of ether oxygens (including phenoxy) is 2. The fourth-order valence-electron chi connectivity index (χ4n) is 10.8. The van der Waals surface area contributed by atoms with E-state index >= 15 is 0 Å². The van der Waals surface area contributed by atoms with Crippen LogP contribution in [0.5, 0.6) is 0 Å². The van der Waals surface area contributed by atoms with E-state index in [1.54, 1.807) is 0 Å². The minimum atomic E-state index is -0.366. The van der Waals surface area contributed by atoms with Gasteiger partial charge in [0.2, 0.25) is 0 Å². The Morgan fingerprint density at radius 1 is 1.38 bits per heavy atom. The maximum atomic E-state index is 12.1.